The first-order valence-electron chi connectivity index (χ1n) is 23.8. The van der Waals surface area contributed by atoms with Gasteiger partial charge in [-0.25, -0.2) is 0 Å². The van der Waals surface area contributed by atoms with Crippen LogP contribution in [-0.2, 0) is 62.4 Å². The highest BCUT2D eigenvalue weighted by Gasteiger charge is 2.40. The van der Waals surface area contributed by atoms with Gasteiger partial charge in [-0.3, -0.25) is 43.2 Å². The fraction of sp³-hybridized carbons (Fsp3) is 0.460. The molecule has 0 saturated carbocycles. The molecule has 0 bridgehead atoms. The number of phenols is 3. The number of amides is 9. The van der Waals surface area contributed by atoms with E-state index in [1.165, 1.54) is 77.7 Å². The Labute approximate surface area is 416 Å². The van der Waals surface area contributed by atoms with Gasteiger partial charge >= 0.3 is 0 Å². The van der Waals surface area contributed by atoms with Crippen LogP contribution < -0.4 is 42.5 Å². The van der Waals surface area contributed by atoms with Crippen LogP contribution in [0.25, 0.3) is 0 Å². The van der Waals surface area contributed by atoms with Gasteiger partial charge in [0.2, 0.25) is 53.2 Å². The highest BCUT2D eigenvalue weighted by atomic mass is 16.3. The Kier molecular flexibility index (Phi) is 19.9. The van der Waals surface area contributed by atoms with Crippen molar-refractivity contribution in [2.75, 3.05) is 26.2 Å². The Morgan fingerprint density at radius 3 is 1.39 bits per heavy atom. The van der Waals surface area contributed by atoms with E-state index >= 15 is 0 Å². The van der Waals surface area contributed by atoms with Crippen LogP contribution in [0.15, 0.2) is 72.8 Å². The SMILES string of the molecule is CC(C)CC1NC(=O)C(C(C)C)NC(=O)CNC(=O)CNC(=O)C2CCCN2C(=O)C(Cc2ccc(O)cc2)NC(=O)C(Cc2ccc(O)cc2)NC(=O)C(Cc2ccc(O)cc2)NC(=O)C(CO)NC1=O. The van der Waals surface area contributed by atoms with Crippen LogP contribution in [-0.4, -0.2) is 147 Å². The van der Waals surface area contributed by atoms with Crippen LogP contribution >= 0.6 is 0 Å². The van der Waals surface area contributed by atoms with Gasteiger partial charge in [-0.05, 0) is 84.2 Å². The molecule has 9 amide bonds. The summed E-state index contributed by atoms with van der Waals surface area (Å²) in [7, 11) is 0. The summed E-state index contributed by atoms with van der Waals surface area (Å²) >= 11 is 0. The van der Waals surface area contributed by atoms with E-state index in [2.05, 4.69) is 42.5 Å². The number of rotatable bonds is 10. The minimum Gasteiger partial charge on any atom is -0.508 e. The van der Waals surface area contributed by atoms with Crippen molar-refractivity contribution in [3.63, 3.8) is 0 Å². The summed E-state index contributed by atoms with van der Waals surface area (Å²) in [5, 5.41) is 61.1. The van der Waals surface area contributed by atoms with Gasteiger partial charge in [0.25, 0.3) is 0 Å². The topological polar surface area (TPSA) is 334 Å². The largest absolute Gasteiger partial charge is 0.508 e. The third-order valence-electron chi connectivity index (χ3n) is 12.1. The van der Waals surface area contributed by atoms with E-state index < -0.39 is 121 Å². The molecule has 3 aromatic rings. The molecule has 22 heteroatoms. The Bertz CT molecular complexity index is 2420. The molecule has 2 aliphatic rings. The number of hydrogen-bond acceptors (Lipinski definition) is 13. The van der Waals surface area contributed by atoms with Crippen LogP contribution in [0.3, 0.4) is 0 Å². The molecule has 12 N–H and O–H groups in total. The van der Waals surface area contributed by atoms with E-state index in [-0.39, 0.29) is 61.8 Å². The van der Waals surface area contributed by atoms with E-state index in [9.17, 15) is 63.6 Å². The van der Waals surface area contributed by atoms with E-state index in [1.807, 2.05) is 0 Å². The molecule has 72 heavy (non-hydrogen) atoms. The fourth-order valence-corrected chi connectivity index (χ4v) is 8.26. The van der Waals surface area contributed by atoms with Crippen molar-refractivity contribution in [2.45, 2.75) is 109 Å². The maximum absolute atomic E-state index is 14.7. The van der Waals surface area contributed by atoms with Gasteiger partial charge in [0.15, 0.2) is 0 Å². The average molecular weight is 1000 g/mol. The molecule has 0 radical (unpaired) electrons. The normalized spacial score (nSPS) is 23.9. The highest BCUT2D eigenvalue weighted by Crippen LogP contribution is 2.22. The van der Waals surface area contributed by atoms with Gasteiger partial charge in [-0.2, -0.15) is 0 Å². The van der Waals surface area contributed by atoms with Crippen LogP contribution in [0.2, 0.25) is 0 Å². The molecule has 2 aliphatic heterocycles. The third-order valence-corrected chi connectivity index (χ3v) is 12.1. The molecule has 0 aromatic heterocycles. The lowest BCUT2D eigenvalue weighted by Gasteiger charge is -2.30. The van der Waals surface area contributed by atoms with Gasteiger partial charge in [-0.1, -0.05) is 64.1 Å². The van der Waals surface area contributed by atoms with Crippen molar-refractivity contribution in [3.05, 3.63) is 89.5 Å². The third kappa shape index (κ3) is 16.2. The number of aliphatic hydroxyl groups is 1. The number of hydrogen-bond donors (Lipinski definition) is 12. The summed E-state index contributed by atoms with van der Waals surface area (Å²) in [6.45, 7) is 4.78. The van der Waals surface area contributed by atoms with Gasteiger partial charge < -0.3 is 67.9 Å². The number of fused-ring (bicyclic) bond motifs is 1. The second-order valence-corrected chi connectivity index (χ2v) is 18.7. The van der Waals surface area contributed by atoms with Crippen molar-refractivity contribution in [3.8, 4) is 17.2 Å². The van der Waals surface area contributed by atoms with Crippen molar-refractivity contribution in [1.29, 1.82) is 0 Å². The first-order chi connectivity index (χ1) is 34.2. The zero-order chi connectivity index (χ0) is 52.6. The van der Waals surface area contributed by atoms with Gasteiger partial charge in [0, 0.05) is 25.8 Å². The average Bonchev–Trinajstić information content (AvgIpc) is 3.84. The minimum absolute atomic E-state index is 0.0499. The second-order valence-electron chi connectivity index (χ2n) is 18.7. The number of aromatic hydroxyl groups is 3. The first kappa shape index (κ1) is 55.2. The number of benzene rings is 3. The standard InChI is InChI=1S/C50H65N9O13/c1-27(2)20-35-44(66)57-39(26-60)47(69)54-36(21-29-7-13-32(61)14-8-29)45(67)53-37(22-30-9-15-33(62)16-10-30)46(68)56-38(23-31-11-17-34(63)18-12-31)50(72)59-19-5-6-40(59)48(70)52-24-41(64)51-25-42(65)58-43(28(3)4)49(71)55-35/h7-18,27-28,35-40,43,60-63H,5-6,19-26H2,1-4H3,(H,51,64)(H,52,70)(H,53,67)(H,54,69)(H,55,71)(H,56,68)(H,57,66)(H,58,65). The fourth-order valence-electron chi connectivity index (χ4n) is 8.26. The predicted octanol–water partition coefficient (Wildman–Crippen LogP) is -1.33. The summed E-state index contributed by atoms with van der Waals surface area (Å²) in [5.74, 6) is -8.35. The van der Waals surface area contributed by atoms with Crippen molar-refractivity contribution in [1.82, 2.24) is 47.4 Å². The lowest BCUT2D eigenvalue weighted by molar-refractivity contribution is -0.142. The first-order valence-corrected chi connectivity index (χ1v) is 23.8. The Morgan fingerprint density at radius 1 is 0.500 bits per heavy atom. The number of carbonyl (C=O) groups is 9. The molecule has 7 unspecified atom stereocenters. The number of carbonyl (C=O) groups excluding carboxylic acids is 9. The van der Waals surface area contributed by atoms with Crippen molar-refractivity contribution < 1.29 is 63.6 Å². The molecule has 5 rings (SSSR count). The number of nitrogens with one attached hydrogen (secondary N) is 8. The molecule has 3 aromatic carbocycles. The Balaban J connectivity index is 1.55. The summed E-state index contributed by atoms with van der Waals surface area (Å²) in [6, 6.07) is 7.63. The van der Waals surface area contributed by atoms with Crippen LogP contribution in [0.4, 0.5) is 0 Å². The molecule has 7 atom stereocenters. The molecule has 22 nitrogen and oxygen atoms in total. The van der Waals surface area contributed by atoms with E-state index in [0.29, 0.717) is 23.1 Å². The minimum atomic E-state index is -1.69. The lowest BCUT2D eigenvalue weighted by Crippen LogP contribution is -2.61. The molecule has 2 saturated heterocycles. The Hall–Kier alpha value is -7.75. The van der Waals surface area contributed by atoms with Crippen molar-refractivity contribution in [2.24, 2.45) is 11.8 Å². The maximum Gasteiger partial charge on any atom is 0.246 e. The molecular formula is C50H65N9O13. The summed E-state index contributed by atoms with van der Waals surface area (Å²) in [5.41, 5.74) is 1.39. The zero-order valence-electron chi connectivity index (χ0n) is 40.6. The quantitative estimate of drug-likeness (QED) is 0.112. The summed E-state index contributed by atoms with van der Waals surface area (Å²) < 4.78 is 0. The van der Waals surface area contributed by atoms with Gasteiger partial charge in [0.1, 0.15) is 59.5 Å². The Morgan fingerprint density at radius 2 is 0.917 bits per heavy atom. The number of nitrogens with zero attached hydrogens (tertiary/aromatic N) is 1. The monoisotopic (exact) mass is 999 g/mol. The molecule has 388 valence electrons. The molecule has 0 aliphatic carbocycles. The second kappa shape index (κ2) is 25.9. The van der Waals surface area contributed by atoms with Crippen LogP contribution in [0, 0.1) is 11.8 Å². The molecule has 2 heterocycles. The zero-order valence-corrected chi connectivity index (χ0v) is 40.6. The van der Waals surface area contributed by atoms with Gasteiger partial charge in [-0.15, -0.1) is 0 Å². The number of aliphatic hydroxyl groups excluding tert-OH is 1. The number of phenolic OH excluding ortho intramolecular Hbond substituents is 3. The van der Waals surface area contributed by atoms with Crippen molar-refractivity contribution >= 4 is 53.2 Å². The summed E-state index contributed by atoms with van der Waals surface area (Å²) in [4.78, 5) is 126. The summed E-state index contributed by atoms with van der Waals surface area (Å²) in [6.07, 6.45) is 0.0232. The van der Waals surface area contributed by atoms with Gasteiger partial charge in [0.05, 0.1) is 19.7 Å². The lowest BCUT2D eigenvalue weighted by atomic mass is 9.99. The van der Waals surface area contributed by atoms with Crippen LogP contribution in [0.5, 0.6) is 17.2 Å². The highest BCUT2D eigenvalue weighted by molar-refractivity contribution is 5.99. The maximum atomic E-state index is 14.7. The van der Waals surface area contributed by atoms with E-state index in [1.54, 1.807) is 27.7 Å². The molecule has 0 spiro atoms. The van der Waals surface area contributed by atoms with E-state index in [0.717, 1.165) is 0 Å². The smallest absolute Gasteiger partial charge is 0.246 e. The van der Waals surface area contributed by atoms with Crippen LogP contribution in [0.1, 0.15) is 63.6 Å². The molecule has 2 fully saturated rings. The molecular weight excluding hydrogens is 935 g/mol. The predicted molar refractivity (Wildman–Crippen MR) is 259 cm³/mol. The van der Waals surface area contributed by atoms with E-state index in [4.69, 9.17) is 0 Å².